The third kappa shape index (κ3) is 3.10. The number of hydrogen-bond acceptors (Lipinski definition) is 2. The zero-order valence-electron chi connectivity index (χ0n) is 11.9. The van der Waals surface area contributed by atoms with Crippen LogP contribution in [0.15, 0.2) is 30.3 Å². The van der Waals surface area contributed by atoms with Crippen LogP contribution in [0.2, 0.25) is 0 Å². The first kappa shape index (κ1) is 15.6. The molecular formula is C16H15ClF2O2. The molecule has 0 radical (unpaired) electrons. The Bertz CT molecular complexity index is 659. The van der Waals surface area contributed by atoms with Gasteiger partial charge in [0.1, 0.15) is 11.6 Å². The van der Waals surface area contributed by atoms with Crippen molar-refractivity contribution >= 4 is 11.6 Å². The van der Waals surface area contributed by atoms with E-state index in [9.17, 15) is 8.78 Å². The third-order valence-corrected chi connectivity index (χ3v) is 3.75. The average molecular weight is 313 g/mol. The van der Waals surface area contributed by atoms with Crippen LogP contribution < -0.4 is 9.47 Å². The molecule has 2 aromatic rings. The van der Waals surface area contributed by atoms with Gasteiger partial charge in [0, 0.05) is 11.6 Å². The van der Waals surface area contributed by atoms with E-state index < -0.39 is 17.0 Å². The summed E-state index contributed by atoms with van der Waals surface area (Å²) in [6.45, 7) is 1.84. The van der Waals surface area contributed by atoms with Crippen LogP contribution in [-0.2, 0) is 0 Å². The van der Waals surface area contributed by atoms with Crippen molar-refractivity contribution in [2.45, 2.75) is 12.3 Å². The van der Waals surface area contributed by atoms with Gasteiger partial charge in [0.15, 0.2) is 11.5 Å². The van der Waals surface area contributed by atoms with Gasteiger partial charge in [0.25, 0.3) is 0 Å². The second-order valence-corrected chi connectivity index (χ2v) is 5.03. The van der Waals surface area contributed by atoms with Gasteiger partial charge in [-0.05, 0) is 36.2 Å². The molecule has 2 nitrogen and oxygen atoms in total. The number of alkyl halides is 1. The number of aryl methyl sites for hydroxylation is 1. The van der Waals surface area contributed by atoms with Crippen LogP contribution >= 0.6 is 11.6 Å². The number of benzene rings is 2. The Morgan fingerprint density at radius 1 is 0.952 bits per heavy atom. The maximum Gasteiger partial charge on any atom is 0.161 e. The lowest BCUT2D eigenvalue weighted by Gasteiger charge is -2.17. The molecule has 1 atom stereocenters. The standard InChI is InChI=1S/C16H15ClF2O2/c1-9-6-14(20-2)15(21-3)8-12(9)16(17)11-5-4-10(18)7-13(11)19/h4-8,16H,1-3H3. The maximum absolute atomic E-state index is 13.9. The van der Waals surface area contributed by atoms with E-state index in [1.807, 2.05) is 6.92 Å². The quantitative estimate of drug-likeness (QED) is 0.767. The first-order valence-electron chi connectivity index (χ1n) is 6.29. The lowest BCUT2D eigenvalue weighted by atomic mass is 9.98. The van der Waals surface area contributed by atoms with Crippen molar-refractivity contribution in [1.82, 2.24) is 0 Å². The minimum atomic E-state index is -0.745. The number of hydrogen-bond donors (Lipinski definition) is 0. The molecule has 1 unspecified atom stereocenters. The van der Waals surface area contributed by atoms with Crippen molar-refractivity contribution in [3.8, 4) is 11.5 Å². The van der Waals surface area contributed by atoms with Crippen LogP contribution in [0.3, 0.4) is 0 Å². The summed E-state index contributed by atoms with van der Waals surface area (Å²) >= 11 is 6.36. The molecule has 0 N–H and O–H groups in total. The Labute approximate surface area is 127 Å². The van der Waals surface area contributed by atoms with E-state index in [0.29, 0.717) is 17.1 Å². The summed E-state index contributed by atoms with van der Waals surface area (Å²) in [7, 11) is 3.05. The number of rotatable bonds is 4. The molecule has 0 saturated carbocycles. The van der Waals surface area contributed by atoms with E-state index in [1.54, 1.807) is 12.1 Å². The summed E-state index contributed by atoms with van der Waals surface area (Å²) in [6.07, 6.45) is 0. The smallest absolute Gasteiger partial charge is 0.161 e. The highest BCUT2D eigenvalue weighted by molar-refractivity contribution is 6.22. The van der Waals surface area contributed by atoms with Gasteiger partial charge >= 0.3 is 0 Å². The monoisotopic (exact) mass is 312 g/mol. The highest BCUT2D eigenvalue weighted by atomic mass is 35.5. The second kappa shape index (κ2) is 6.31. The van der Waals surface area contributed by atoms with Crippen molar-refractivity contribution in [3.05, 3.63) is 58.7 Å². The van der Waals surface area contributed by atoms with Gasteiger partial charge in [-0.3, -0.25) is 0 Å². The van der Waals surface area contributed by atoms with Crippen LogP contribution in [0.4, 0.5) is 8.78 Å². The zero-order valence-corrected chi connectivity index (χ0v) is 12.7. The van der Waals surface area contributed by atoms with Gasteiger partial charge in [-0.2, -0.15) is 0 Å². The summed E-state index contributed by atoms with van der Waals surface area (Å²) in [5.41, 5.74) is 1.73. The lowest BCUT2D eigenvalue weighted by Crippen LogP contribution is -2.02. The molecular weight excluding hydrogens is 298 g/mol. The van der Waals surface area contributed by atoms with Gasteiger partial charge in [-0.25, -0.2) is 8.78 Å². The van der Waals surface area contributed by atoms with E-state index in [4.69, 9.17) is 21.1 Å². The molecule has 0 amide bonds. The van der Waals surface area contributed by atoms with Crippen molar-refractivity contribution in [1.29, 1.82) is 0 Å². The summed E-state index contributed by atoms with van der Waals surface area (Å²) < 4.78 is 37.3. The van der Waals surface area contributed by atoms with E-state index in [-0.39, 0.29) is 5.56 Å². The summed E-state index contributed by atoms with van der Waals surface area (Å²) in [6, 6.07) is 6.82. The number of ether oxygens (including phenoxy) is 2. The second-order valence-electron chi connectivity index (χ2n) is 4.59. The fraction of sp³-hybridized carbons (Fsp3) is 0.250. The minimum Gasteiger partial charge on any atom is -0.493 e. The van der Waals surface area contributed by atoms with E-state index in [0.717, 1.165) is 11.6 Å². The molecule has 0 aliphatic carbocycles. The molecule has 0 heterocycles. The molecule has 112 valence electrons. The van der Waals surface area contributed by atoms with Gasteiger partial charge < -0.3 is 9.47 Å². The molecule has 0 aromatic heterocycles. The van der Waals surface area contributed by atoms with Crippen LogP contribution in [0.5, 0.6) is 11.5 Å². The summed E-state index contributed by atoms with van der Waals surface area (Å²) in [5, 5.41) is -0.745. The zero-order chi connectivity index (χ0) is 15.6. The van der Waals surface area contributed by atoms with Gasteiger partial charge in [-0.15, -0.1) is 11.6 Å². The largest absolute Gasteiger partial charge is 0.493 e. The van der Waals surface area contributed by atoms with Crippen LogP contribution in [-0.4, -0.2) is 14.2 Å². The third-order valence-electron chi connectivity index (χ3n) is 3.28. The van der Waals surface area contributed by atoms with Crippen molar-refractivity contribution in [3.63, 3.8) is 0 Å². The molecule has 5 heteroatoms. The van der Waals surface area contributed by atoms with Crippen molar-refractivity contribution in [2.75, 3.05) is 14.2 Å². The lowest BCUT2D eigenvalue weighted by molar-refractivity contribution is 0.354. The molecule has 0 aliphatic rings. The van der Waals surface area contributed by atoms with Gasteiger partial charge in [0.05, 0.1) is 19.6 Å². The van der Waals surface area contributed by atoms with E-state index in [1.165, 1.54) is 26.4 Å². The minimum absolute atomic E-state index is 0.216. The predicted molar refractivity (Wildman–Crippen MR) is 78.3 cm³/mol. The number of halogens is 3. The molecule has 0 aliphatic heterocycles. The Kier molecular flexibility index (Phi) is 4.68. The van der Waals surface area contributed by atoms with Crippen LogP contribution in [0.25, 0.3) is 0 Å². The van der Waals surface area contributed by atoms with Crippen LogP contribution in [0, 0.1) is 18.6 Å². The molecule has 0 bridgehead atoms. The molecule has 21 heavy (non-hydrogen) atoms. The first-order valence-corrected chi connectivity index (χ1v) is 6.73. The summed E-state index contributed by atoms with van der Waals surface area (Å²) in [5.74, 6) is -0.234. The Balaban J connectivity index is 2.50. The van der Waals surface area contributed by atoms with E-state index >= 15 is 0 Å². The number of methoxy groups -OCH3 is 2. The molecule has 2 rings (SSSR count). The topological polar surface area (TPSA) is 18.5 Å². The Hall–Kier alpha value is -1.81. The fourth-order valence-corrected chi connectivity index (χ4v) is 2.56. The van der Waals surface area contributed by atoms with Gasteiger partial charge in [0.2, 0.25) is 0 Å². The highest BCUT2D eigenvalue weighted by Crippen LogP contribution is 2.38. The van der Waals surface area contributed by atoms with E-state index in [2.05, 4.69) is 0 Å². The Morgan fingerprint density at radius 2 is 1.57 bits per heavy atom. The maximum atomic E-state index is 13.9. The normalized spacial score (nSPS) is 12.1. The molecule has 0 saturated heterocycles. The van der Waals surface area contributed by atoms with Gasteiger partial charge in [-0.1, -0.05) is 6.07 Å². The van der Waals surface area contributed by atoms with Crippen LogP contribution in [0.1, 0.15) is 22.1 Å². The SMILES string of the molecule is COc1cc(C)c(C(Cl)c2ccc(F)cc2F)cc1OC. The fourth-order valence-electron chi connectivity index (χ4n) is 2.14. The molecule has 0 spiro atoms. The predicted octanol–water partition coefficient (Wildman–Crippen LogP) is 4.62. The Morgan fingerprint density at radius 3 is 2.14 bits per heavy atom. The summed E-state index contributed by atoms with van der Waals surface area (Å²) in [4.78, 5) is 0. The molecule has 2 aromatic carbocycles. The molecule has 0 fully saturated rings. The average Bonchev–Trinajstić information content (AvgIpc) is 2.46. The van der Waals surface area contributed by atoms with Crippen molar-refractivity contribution in [2.24, 2.45) is 0 Å². The highest BCUT2D eigenvalue weighted by Gasteiger charge is 2.20. The van der Waals surface area contributed by atoms with Crippen molar-refractivity contribution < 1.29 is 18.3 Å². The first-order chi connectivity index (χ1) is 9.97.